The highest BCUT2D eigenvalue weighted by molar-refractivity contribution is 7.80. The van der Waals surface area contributed by atoms with E-state index in [1.807, 2.05) is 0 Å². The largest absolute Gasteiger partial charge is 0.483 e. The summed E-state index contributed by atoms with van der Waals surface area (Å²) in [5, 5.41) is 2.62. The number of rotatable bonds is 5. The van der Waals surface area contributed by atoms with E-state index in [2.05, 4.69) is 10.3 Å². The zero-order valence-corrected chi connectivity index (χ0v) is 11.4. The van der Waals surface area contributed by atoms with Crippen LogP contribution in [0.4, 0.5) is 5.82 Å². The van der Waals surface area contributed by atoms with Gasteiger partial charge in [-0.25, -0.2) is 4.98 Å². The number of aromatic nitrogens is 1. The van der Waals surface area contributed by atoms with E-state index in [9.17, 15) is 4.79 Å². The molecule has 20 heavy (non-hydrogen) atoms. The molecule has 0 spiro atoms. The molecule has 0 aliphatic heterocycles. The number of hydrogen-bond acceptors (Lipinski definition) is 4. The van der Waals surface area contributed by atoms with Crippen molar-refractivity contribution in [2.24, 2.45) is 5.73 Å². The number of thiocarbonyl (C=S) groups is 1. The minimum atomic E-state index is -0.304. The van der Waals surface area contributed by atoms with E-state index in [-0.39, 0.29) is 17.5 Å². The van der Waals surface area contributed by atoms with Gasteiger partial charge in [0.25, 0.3) is 5.91 Å². The Bertz CT molecular complexity index is 617. The highest BCUT2D eigenvalue weighted by Gasteiger charge is 2.08. The van der Waals surface area contributed by atoms with Gasteiger partial charge in [0.05, 0.1) is 5.56 Å². The average Bonchev–Trinajstić information content (AvgIpc) is 2.46. The first-order chi connectivity index (χ1) is 9.66. The standard InChI is InChI=1S/C14H13N3O2S/c15-14(20)10-5-1-2-6-11(10)19-9-13(18)17-12-7-3-4-8-16-12/h1-8H,9H2,(H2,15,20)(H,16,17,18). The summed E-state index contributed by atoms with van der Waals surface area (Å²) in [5.41, 5.74) is 6.19. The second kappa shape index (κ2) is 6.63. The maximum Gasteiger partial charge on any atom is 0.263 e. The summed E-state index contributed by atoms with van der Waals surface area (Å²) in [6.45, 7) is -0.143. The highest BCUT2D eigenvalue weighted by atomic mass is 32.1. The van der Waals surface area contributed by atoms with Gasteiger partial charge in [-0.05, 0) is 24.3 Å². The third kappa shape index (κ3) is 3.76. The fourth-order valence-electron chi connectivity index (χ4n) is 1.55. The molecule has 1 aromatic carbocycles. The topological polar surface area (TPSA) is 77.2 Å². The van der Waals surface area contributed by atoms with Crippen molar-refractivity contribution in [2.75, 3.05) is 11.9 Å². The molecule has 0 unspecified atom stereocenters. The fraction of sp³-hybridized carbons (Fsp3) is 0.0714. The quantitative estimate of drug-likeness (QED) is 0.819. The molecule has 0 radical (unpaired) electrons. The Morgan fingerprint density at radius 1 is 1.25 bits per heavy atom. The lowest BCUT2D eigenvalue weighted by Gasteiger charge is -2.10. The monoisotopic (exact) mass is 287 g/mol. The van der Waals surface area contributed by atoms with E-state index < -0.39 is 0 Å². The number of benzene rings is 1. The van der Waals surface area contributed by atoms with E-state index in [4.69, 9.17) is 22.7 Å². The van der Waals surface area contributed by atoms with Gasteiger partial charge in [-0.15, -0.1) is 0 Å². The van der Waals surface area contributed by atoms with Crippen molar-refractivity contribution in [1.82, 2.24) is 4.98 Å². The molecule has 1 amide bonds. The van der Waals surface area contributed by atoms with Crippen molar-refractivity contribution in [3.63, 3.8) is 0 Å². The van der Waals surface area contributed by atoms with Crippen molar-refractivity contribution in [3.8, 4) is 5.75 Å². The number of anilines is 1. The normalized spacial score (nSPS) is 9.80. The molecular weight excluding hydrogens is 274 g/mol. The molecule has 2 aromatic rings. The van der Waals surface area contributed by atoms with Crippen LogP contribution in [-0.4, -0.2) is 22.5 Å². The van der Waals surface area contributed by atoms with Crippen LogP contribution in [0, 0.1) is 0 Å². The van der Waals surface area contributed by atoms with Crippen LogP contribution in [0.5, 0.6) is 5.75 Å². The summed E-state index contributed by atoms with van der Waals surface area (Å²) in [4.78, 5) is 15.9. The smallest absolute Gasteiger partial charge is 0.263 e. The number of nitrogens with one attached hydrogen (secondary N) is 1. The maximum atomic E-state index is 11.7. The predicted octanol–water partition coefficient (Wildman–Crippen LogP) is 1.73. The van der Waals surface area contributed by atoms with Gasteiger partial charge < -0.3 is 15.8 Å². The van der Waals surface area contributed by atoms with Crippen LogP contribution in [0.3, 0.4) is 0 Å². The molecule has 6 heteroatoms. The molecule has 1 aromatic heterocycles. The summed E-state index contributed by atoms with van der Waals surface area (Å²) >= 11 is 4.92. The van der Waals surface area contributed by atoms with Crippen molar-refractivity contribution in [2.45, 2.75) is 0 Å². The number of para-hydroxylation sites is 1. The van der Waals surface area contributed by atoms with E-state index in [0.717, 1.165) is 0 Å². The molecule has 0 saturated carbocycles. The number of nitrogens with zero attached hydrogens (tertiary/aromatic N) is 1. The molecule has 0 atom stereocenters. The Kier molecular flexibility index (Phi) is 4.62. The number of carbonyl (C=O) groups excluding carboxylic acids is 1. The molecule has 0 aliphatic rings. The number of nitrogens with two attached hydrogens (primary N) is 1. The van der Waals surface area contributed by atoms with E-state index in [1.54, 1.807) is 48.7 Å². The average molecular weight is 287 g/mol. The number of pyridine rings is 1. The van der Waals surface area contributed by atoms with Gasteiger partial charge in [-0.2, -0.15) is 0 Å². The highest BCUT2D eigenvalue weighted by Crippen LogP contribution is 2.17. The van der Waals surface area contributed by atoms with E-state index in [1.165, 1.54) is 0 Å². The van der Waals surface area contributed by atoms with Gasteiger partial charge in [-0.1, -0.05) is 30.4 Å². The lowest BCUT2D eigenvalue weighted by atomic mass is 10.2. The molecule has 1 heterocycles. The van der Waals surface area contributed by atoms with Crippen molar-refractivity contribution in [1.29, 1.82) is 0 Å². The summed E-state index contributed by atoms with van der Waals surface area (Å²) in [6.07, 6.45) is 1.60. The van der Waals surface area contributed by atoms with Crippen LogP contribution in [0.2, 0.25) is 0 Å². The van der Waals surface area contributed by atoms with Gasteiger partial charge in [0, 0.05) is 6.20 Å². The van der Waals surface area contributed by atoms with Crippen LogP contribution in [0.15, 0.2) is 48.7 Å². The number of carbonyl (C=O) groups is 1. The first-order valence-electron chi connectivity index (χ1n) is 5.89. The molecule has 0 fully saturated rings. The summed E-state index contributed by atoms with van der Waals surface area (Å²) in [7, 11) is 0. The lowest BCUT2D eigenvalue weighted by molar-refractivity contribution is -0.118. The zero-order chi connectivity index (χ0) is 14.4. The third-order valence-electron chi connectivity index (χ3n) is 2.44. The second-order valence-corrected chi connectivity index (χ2v) is 4.35. The van der Waals surface area contributed by atoms with Crippen molar-refractivity contribution < 1.29 is 9.53 Å². The molecule has 5 nitrogen and oxygen atoms in total. The molecule has 3 N–H and O–H groups in total. The predicted molar refractivity (Wildman–Crippen MR) is 80.7 cm³/mol. The lowest BCUT2D eigenvalue weighted by Crippen LogP contribution is -2.22. The minimum absolute atomic E-state index is 0.143. The van der Waals surface area contributed by atoms with Crippen molar-refractivity contribution >= 4 is 28.9 Å². The first kappa shape index (κ1) is 14.0. The maximum absolute atomic E-state index is 11.7. The number of hydrogen-bond donors (Lipinski definition) is 2. The van der Waals surface area contributed by atoms with Gasteiger partial charge in [0.15, 0.2) is 6.61 Å². The van der Waals surface area contributed by atoms with Crippen LogP contribution in [0.1, 0.15) is 5.56 Å². The molecule has 0 saturated heterocycles. The molecule has 2 rings (SSSR count). The number of amides is 1. The first-order valence-corrected chi connectivity index (χ1v) is 6.30. The fourth-order valence-corrected chi connectivity index (χ4v) is 1.72. The Labute approximate surface area is 121 Å². The van der Waals surface area contributed by atoms with E-state index >= 15 is 0 Å². The number of ether oxygens (including phenoxy) is 1. The molecular formula is C14H13N3O2S. The molecule has 0 bridgehead atoms. The SMILES string of the molecule is NC(=S)c1ccccc1OCC(=O)Nc1ccccn1. The summed E-state index contributed by atoms with van der Waals surface area (Å²) in [6, 6.07) is 12.3. The van der Waals surface area contributed by atoms with Crippen LogP contribution in [-0.2, 0) is 4.79 Å². The van der Waals surface area contributed by atoms with Gasteiger partial charge in [-0.3, -0.25) is 4.79 Å². The van der Waals surface area contributed by atoms with Crippen molar-refractivity contribution in [3.05, 3.63) is 54.2 Å². The molecule has 102 valence electrons. The summed E-state index contributed by atoms with van der Waals surface area (Å²) in [5.74, 6) is 0.654. The van der Waals surface area contributed by atoms with Gasteiger partial charge >= 0.3 is 0 Å². The Morgan fingerprint density at radius 3 is 2.70 bits per heavy atom. The molecule has 0 aliphatic carbocycles. The van der Waals surface area contributed by atoms with Gasteiger partial charge in [0.2, 0.25) is 0 Å². The Hall–Kier alpha value is -2.47. The summed E-state index contributed by atoms with van der Waals surface area (Å²) < 4.78 is 5.43. The van der Waals surface area contributed by atoms with Crippen LogP contribution >= 0.6 is 12.2 Å². The van der Waals surface area contributed by atoms with Crippen LogP contribution in [0.25, 0.3) is 0 Å². The second-order valence-electron chi connectivity index (χ2n) is 3.91. The Morgan fingerprint density at radius 2 is 2.00 bits per heavy atom. The zero-order valence-electron chi connectivity index (χ0n) is 10.6. The third-order valence-corrected chi connectivity index (χ3v) is 2.66. The van der Waals surface area contributed by atoms with E-state index in [0.29, 0.717) is 17.1 Å². The van der Waals surface area contributed by atoms with Crippen LogP contribution < -0.4 is 15.8 Å². The minimum Gasteiger partial charge on any atom is -0.483 e. The van der Waals surface area contributed by atoms with Gasteiger partial charge in [0.1, 0.15) is 16.6 Å². The Balaban J connectivity index is 1.96.